The lowest BCUT2D eigenvalue weighted by atomic mass is 9.91. The monoisotopic (exact) mass is 939 g/mol. The molecule has 6 amide bonds. The van der Waals surface area contributed by atoms with Gasteiger partial charge in [0, 0.05) is 107 Å². The van der Waals surface area contributed by atoms with Crippen LogP contribution >= 0.6 is 0 Å². The van der Waals surface area contributed by atoms with Crippen molar-refractivity contribution in [3.05, 3.63) is 154 Å². The van der Waals surface area contributed by atoms with Crippen LogP contribution in [0.15, 0.2) is 109 Å². The van der Waals surface area contributed by atoms with Crippen LogP contribution in [0.25, 0.3) is 0 Å². The first-order chi connectivity index (χ1) is 34.0. The fraction of sp³-hybridized carbons (Fsp3) is 0.315. The number of benzene rings is 3. The number of piperazine rings is 1. The Morgan fingerprint density at radius 2 is 1.60 bits per heavy atom. The van der Waals surface area contributed by atoms with Crippen LogP contribution in [0.2, 0.25) is 0 Å². The molecule has 0 spiro atoms. The molecule has 0 aliphatic carbocycles. The number of hydrogen-bond acceptors (Lipinski definition) is 11. The molecule has 356 valence electrons. The van der Waals surface area contributed by atoms with Gasteiger partial charge in [-0.1, -0.05) is 66.4 Å². The predicted molar refractivity (Wildman–Crippen MR) is 260 cm³/mol. The normalized spacial score (nSPS) is 17.8. The van der Waals surface area contributed by atoms with E-state index in [0.29, 0.717) is 73.6 Å². The molecular formula is C54H53N9O7. The highest BCUT2D eigenvalue weighted by molar-refractivity contribution is 6.09. The first-order valence-corrected chi connectivity index (χ1v) is 23.6. The van der Waals surface area contributed by atoms with Crippen molar-refractivity contribution >= 4 is 53.2 Å². The van der Waals surface area contributed by atoms with Gasteiger partial charge in [0.1, 0.15) is 17.9 Å². The average Bonchev–Trinajstić information content (AvgIpc) is 3.70. The van der Waals surface area contributed by atoms with E-state index >= 15 is 0 Å². The maximum Gasteiger partial charge on any atom is 0.257 e. The van der Waals surface area contributed by atoms with Crippen molar-refractivity contribution in [1.82, 2.24) is 34.9 Å². The molecule has 0 saturated carbocycles. The highest BCUT2D eigenvalue weighted by Gasteiger charge is 2.38. The molecule has 2 N–H and O–H groups in total. The summed E-state index contributed by atoms with van der Waals surface area (Å²) in [5.74, 6) is 5.12. The minimum Gasteiger partial charge on any atom is -0.371 e. The number of amides is 6. The van der Waals surface area contributed by atoms with E-state index in [4.69, 9.17) is 0 Å². The Balaban J connectivity index is 0.743. The number of aromatic nitrogens is 2. The number of hydrogen-bond donors (Lipinski definition) is 2. The zero-order valence-corrected chi connectivity index (χ0v) is 38.9. The molecule has 2 atom stereocenters. The van der Waals surface area contributed by atoms with Gasteiger partial charge in [-0.2, -0.15) is 0 Å². The molecule has 5 aromatic rings. The van der Waals surface area contributed by atoms with Crippen LogP contribution < -0.4 is 15.5 Å². The fourth-order valence-electron chi connectivity index (χ4n) is 9.75. The third-order valence-corrected chi connectivity index (χ3v) is 13.7. The molecule has 2 unspecified atom stereocenters. The molecule has 3 fully saturated rings. The van der Waals surface area contributed by atoms with Crippen LogP contribution in [0.3, 0.4) is 0 Å². The van der Waals surface area contributed by atoms with E-state index in [0.717, 1.165) is 42.8 Å². The van der Waals surface area contributed by atoms with Crippen LogP contribution in [0.5, 0.6) is 0 Å². The van der Waals surface area contributed by atoms with Gasteiger partial charge in [0.25, 0.3) is 17.7 Å². The molecule has 4 aliphatic rings. The Morgan fingerprint density at radius 1 is 0.843 bits per heavy atom. The second-order valence-corrected chi connectivity index (χ2v) is 18.1. The van der Waals surface area contributed by atoms with Gasteiger partial charge in [-0.05, 0) is 78.8 Å². The van der Waals surface area contributed by atoms with E-state index in [2.05, 4.69) is 42.2 Å². The second-order valence-electron chi connectivity index (χ2n) is 18.1. The smallest absolute Gasteiger partial charge is 0.257 e. The summed E-state index contributed by atoms with van der Waals surface area (Å²) in [7, 11) is 1.52. The van der Waals surface area contributed by atoms with Crippen LogP contribution in [0, 0.1) is 17.8 Å². The Kier molecular flexibility index (Phi) is 14.2. The predicted octanol–water partition coefficient (Wildman–Crippen LogP) is 4.85. The van der Waals surface area contributed by atoms with Gasteiger partial charge < -0.3 is 24.9 Å². The number of aldehydes is 1. The van der Waals surface area contributed by atoms with Crippen molar-refractivity contribution in [2.45, 2.75) is 57.3 Å². The molecule has 70 heavy (non-hydrogen) atoms. The zero-order valence-electron chi connectivity index (χ0n) is 38.9. The van der Waals surface area contributed by atoms with Crippen LogP contribution in [0.1, 0.15) is 97.2 Å². The minimum atomic E-state index is -0.862. The van der Waals surface area contributed by atoms with Crippen molar-refractivity contribution in [2.75, 3.05) is 56.5 Å². The molecule has 3 aromatic carbocycles. The summed E-state index contributed by atoms with van der Waals surface area (Å²) in [5, 5.41) is 5.16. The number of fused-ring (bicyclic) bond motifs is 1. The maximum atomic E-state index is 13.9. The summed E-state index contributed by atoms with van der Waals surface area (Å²) in [6.45, 7) is 4.82. The van der Waals surface area contributed by atoms with E-state index in [1.807, 2.05) is 65.6 Å². The van der Waals surface area contributed by atoms with Crippen molar-refractivity contribution in [2.24, 2.45) is 5.92 Å². The average molecular weight is 940 g/mol. The molecule has 9 rings (SSSR count). The summed E-state index contributed by atoms with van der Waals surface area (Å²) in [6, 6.07) is 27.4. The van der Waals surface area contributed by atoms with Gasteiger partial charge in [-0.15, -0.1) is 0 Å². The topological polar surface area (TPSA) is 186 Å². The van der Waals surface area contributed by atoms with E-state index in [-0.39, 0.29) is 60.1 Å². The summed E-state index contributed by atoms with van der Waals surface area (Å²) >= 11 is 0. The summed E-state index contributed by atoms with van der Waals surface area (Å²) < 4.78 is 0. The maximum absolute atomic E-state index is 13.9. The van der Waals surface area contributed by atoms with Crippen LogP contribution in [-0.2, 0) is 32.3 Å². The molecule has 0 radical (unpaired) electrons. The van der Waals surface area contributed by atoms with Gasteiger partial charge in [0.05, 0.1) is 16.9 Å². The number of likely N-dealkylation sites (N-methyl/N-ethyl adjacent to an activating group) is 1. The minimum absolute atomic E-state index is 0.131. The van der Waals surface area contributed by atoms with E-state index < -0.39 is 23.9 Å². The lowest BCUT2D eigenvalue weighted by Crippen LogP contribution is -2.53. The van der Waals surface area contributed by atoms with Crippen molar-refractivity contribution in [1.29, 1.82) is 0 Å². The lowest BCUT2D eigenvalue weighted by molar-refractivity contribution is -0.137. The molecule has 6 heterocycles. The number of pyridine rings is 2. The fourth-order valence-corrected chi connectivity index (χ4v) is 9.75. The number of piperidine rings is 2. The van der Waals surface area contributed by atoms with Gasteiger partial charge in [0.15, 0.2) is 6.29 Å². The second kappa shape index (κ2) is 21.1. The number of carbonyl (C=O) groups excluding carboxylic acids is 7. The number of rotatable bonds is 12. The molecule has 4 aliphatic heterocycles. The standard InChI is InChI=1S/C54H53N9O7/c1-59(45-19-20-47(65)58-51(45)67)54(70)49-41(35-64)10-7-11-44(49)61-24-21-37(22-25-61)31-48(66)62-28-26-60(27-29-62)34-42-18-16-38(32-56-42)14-13-36-15-17-40-33-63(53(69)43(40)30-36)50(39-8-3-2-4-9-39)52(68)57-46-12-5-6-23-55-46/h2-12,15-18,23,30,32,35,37,45,50H,19-22,24-29,31,33-34H2,1H3,(H,55,57,68)(H,58,65,67). The molecule has 2 aromatic heterocycles. The largest absolute Gasteiger partial charge is 0.371 e. The van der Waals surface area contributed by atoms with Crippen molar-refractivity contribution in [3.63, 3.8) is 0 Å². The Morgan fingerprint density at radius 3 is 2.31 bits per heavy atom. The molecule has 0 bridgehead atoms. The van der Waals surface area contributed by atoms with Gasteiger partial charge in [0.2, 0.25) is 17.7 Å². The van der Waals surface area contributed by atoms with Gasteiger partial charge >= 0.3 is 0 Å². The van der Waals surface area contributed by atoms with Crippen LogP contribution in [0.4, 0.5) is 11.5 Å². The van der Waals surface area contributed by atoms with E-state index in [1.165, 1.54) is 11.9 Å². The number of carbonyl (C=O) groups is 7. The quantitative estimate of drug-likeness (QED) is 0.0990. The molecular weight excluding hydrogens is 887 g/mol. The molecule has 16 heteroatoms. The van der Waals surface area contributed by atoms with Crippen molar-refractivity contribution in [3.8, 4) is 11.8 Å². The number of imide groups is 1. The number of nitrogens with one attached hydrogen (secondary N) is 2. The summed E-state index contributed by atoms with van der Waals surface area (Å²) in [5.41, 5.74) is 5.41. The Labute approximate surface area is 406 Å². The zero-order chi connectivity index (χ0) is 48.7. The highest BCUT2D eigenvalue weighted by atomic mass is 16.2. The summed E-state index contributed by atoms with van der Waals surface area (Å²) in [6.07, 6.45) is 6.28. The van der Waals surface area contributed by atoms with Crippen LogP contribution in [-0.4, -0.2) is 124 Å². The van der Waals surface area contributed by atoms with Gasteiger partial charge in [-0.3, -0.25) is 48.8 Å². The summed E-state index contributed by atoms with van der Waals surface area (Å²) in [4.78, 5) is 109. The number of anilines is 2. The SMILES string of the molecule is CN(C(=O)c1c(C=O)cccc1N1CCC(CC(=O)N2CCN(Cc3ccc(C#Cc4ccc5c(c4)C(=O)N(C(C(=O)Nc4ccccn4)c4ccccc4)C5)cn3)CC2)CC1)C1CCC(=O)NC1=O. The first kappa shape index (κ1) is 47.1. The Bertz CT molecular complexity index is 2870. The third-order valence-electron chi connectivity index (χ3n) is 13.7. The molecule has 3 saturated heterocycles. The Hall–Kier alpha value is -8.03. The third kappa shape index (κ3) is 10.5. The molecule has 16 nitrogen and oxygen atoms in total. The first-order valence-electron chi connectivity index (χ1n) is 23.6. The number of nitrogens with zero attached hydrogens (tertiary/aromatic N) is 7. The van der Waals surface area contributed by atoms with E-state index in [1.54, 1.807) is 53.7 Å². The van der Waals surface area contributed by atoms with Gasteiger partial charge in [-0.25, -0.2) is 4.98 Å². The lowest BCUT2D eigenvalue weighted by Gasteiger charge is -2.38. The highest BCUT2D eigenvalue weighted by Crippen LogP contribution is 2.34. The van der Waals surface area contributed by atoms with Crippen molar-refractivity contribution < 1.29 is 33.6 Å². The van der Waals surface area contributed by atoms with E-state index in [9.17, 15) is 33.6 Å².